The van der Waals surface area contributed by atoms with E-state index in [4.69, 9.17) is 5.32 Å². The van der Waals surface area contributed by atoms with E-state index in [0.717, 1.165) is 25.9 Å². The molecule has 0 aliphatic carbocycles. The van der Waals surface area contributed by atoms with Gasteiger partial charge in [-0.3, -0.25) is 0 Å². The van der Waals surface area contributed by atoms with Crippen molar-refractivity contribution in [3.8, 4) is 0 Å². The SMILES string of the molecule is c1ccc2cc(CC[N]CCc3ccc4ccccc4c3)ccc2c1. The second kappa shape index (κ2) is 7.50. The van der Waals surface area contributed by atoms with Gasteiger partial charge in [-0.2, -0.15) is 0 Å². The molecular formula is C24H22N. The highest BCUT2D eigenvalue weighted by atomic mass is 14.8. The first-order valence-corrected chi connectivity index (χ1v) is 8.97. The normalized spacial score (nSPS) is 11.2. The zero-order valence-corrected chi connectivity index (χ0v) is 14.4. The average molecular weight is 324 g/mol. The van der Waals surface area contributed by atoms with Crippen molar-refractivity contribution in [2.45, 2.75) is 12.8 Å². The number of nitrogens with zero attached hydrogens (tertiary/aromatic N) is 1. The zero-order valence-electron chi connectivity index (χ0n) is 14.4. The number of fused-ring (bicyclic) bond motifs is 2. The van der Waals surface area contributed by atoms with Crippen molar-refractivity contribution in [1.29, 1.82) is 0 Å². The maximum atomic E-state index is 4.72. The number of benzene rings is 4. The Bertz CT molecular complexity index is 906. The highest BCUT2D eigenvalue weighted by Gasteiger charge is 1.99. The van der Waals surface area contributed by atoms with Gasteiger partial charge in [0.1, 0.15) is 0 Å². The molecule has 0 saturated heterocycles. The quantitative estimate of drug-likeness (QED) is 0.423. The summed E-state index contributed by atoms with van der Waals surface area (Å²) in [6.45, 7) is 1.79. The van der Waals surface area contributed by atoms with Gasteiger partial charge in [-0.15, -0.1) is 0 Å². The predicted octanol–water partition coefficient (Wildman–Crippen LogP) is 5.38. The molecule has 4 aromatic carbocycles. The fraction of sp³-hybridized carbons (Fsp3) is 0.167. The van der Waals surface area contributed by atoms with Gasteiger partial charge in [0.05, 0.1) is 0 Å². The van der Waals surface area contributed by atoms with Gasteiger partial charge >= 0.3 is 0 Å². The zero-order chi connectivity index (χ0) is 16.9. The lowest BCUT2D eigenvalue weighted by Crippen LogP contribution is -2.12. The smallest absolute Gasteiger partial charge is 0.0174 e. The van der Waals surface area contributed by atoms with E-state index in [2.05, 4.69) is 84.9 Å². The maximum absolute atomic E-state index is 4.72. The molecule has 0 heterocycles. The van der Waals surface area contributed by atoms with Gasteiger partial charge in [0.25, 0.3) is 0 Å². The Labute approximate surface area is 149 Å². The van der Waals surface area contributed by atoms with Gasteiger partial charge in [0.15, 0.2) is 0 Å². The summed E-state index contributed by atoms with van der Waals surface area (Å²) < 4.78 is 0. The average Bonchev–Trinajstić information content (AvgIpc) is 2.67. The summed E-state index contributed by atoms with van der Waals surface area (Å²) in [5.41, 5.74) is 2.74. The van der Waals surface area contributed by atoms with E-state index in [9.17, 15) is 0 Å². The van der Waals surface area contributed by atoms with Crippen molar-refractivity contribution in [2.24, 2.45) is 0 Å². The molecule has 1 heteroatoms. The lowest BCUT2D eigenvalue weighted by molar-refractivity contribution is 0.668. The first-order valence-electron chi connectivity index (χ1n) is 8.97. The molecule has 0 aliphatic rings. The van der Waals surface area contributed by atoms with Crippen molar-refractivity contribution >= 4 is 21.5 Å². The molecular weight excluding hydrogens is 302 g/mol. The monoisotopic (exact) mass is 324 g/mol. The molecule has 0 spiro atoms. The van der Waals surface area contributed by atoms with Crippen LogP contribution in [0.15, 0.2) is 84.9 Å². The molecule has 0 saturated carbocycles. The molecule has 0 atom stereocenters. The Morgan fingerprint density at radius 2 is 0.920 bits per heavy atom. The largest absolute Gasteiger partial charge is 0.241 e. The second-order valence-corrected chi connectivity index (χ2v) is 6.53. The fourth-order valence-corrected chi connectivity index (χ4v) is 3.32. The van der Waals surface area contributed by atoms with Crippen molar-refractivity contribution < 1.29 is 0 Å². The predicted molar refractivity (Wildman–Crippen MR) is 107 cm³/mol. The minimum atomic E-state index is 0.895. The third kappa shape index (κ3) is 3.89. The van der Waals surface area contributed by atoms with E-state index >= 15 is 0 Å². The van der Waals surface area contributed by atoms with Crippen LogP contribution in [0.2, 0.25) is 0 Å². The maximum Gasteiger partial charge on any atom is 0.0174 e. The van der Waals surface area contributed by atoms with Gasteiger partial charge in [0, 0.05) is 13.1 Å². The Kier molecular flexibility index (Phi) is 4.76. The minimum Gasteiger partial charge on any atom is -0.241 e. The van der Waals surface area contributed by atoms with E-state index in [0.29, 0.717) is 0 Å². The summed E-state index contributed by atoms with van der Waals surface area (Å²) in [7, 11) is 0. The van der Waals surface area contributed by atoms with Crippen LogP contribution in [0, 0.1) is 0 Å². The van der Waals surface area contributed by atoms with Gasteiger partial charge in [-0.05, 0) is 45.5 Å². The van der Waals surface area contributed by atoms with Crippen molar-refractivity contribution in [2.75, 3.05) is 13.1 Å². The Balaban J connectivity index is 1.28. The Morgan fingerprint density at radius 1 is 0.480 bits per heavy atom. The van der Waals surface area contributed by atoms with Crippen LogP contribution in [0.5, 0.6) is 0 Å². The molecule has 123 valence electrons. The summed E-state index contributed by atoms with van der Waals surface area (Å²) in [4.78, 5) is 0. The highest BCUT2D eigenvalue weighted by molar-refractivity contribution is 5.83. The molecule has 1 nitrogen and oxygen atoms in total. The van der Waals surface area contributed by atoms with Gasteiger partial charge in [0.2, 0.25) is 0 Å². The van der Waals surface area contributed by atoms with Crippen LogP contribution >= 0.6 is 0 Å². The molecule has 0 N–H and O–H groups in total. The molecule has 4 aromatic rings. The number of hydrogen-bond donors (Lipinski definition) is 0. The molecule has 4 rings (SSSR count). The van der Waals surface area contributed by atoms with Crippen LogP contribution in [-0.4, -0.2) is 13.1 Å². The molecule has 0 bridgehead atoms. The van der Waals surface area contributed by atoms with Crippen LogP contribution in [0.25, 0.3) is 21.5 Å². The van der Waals surface area contributed by atoms with Gasteiger partial charge in [-0.25, -0.2) is 5.32 Å². The lowest BCUT2D eigenvalue weighted by Gasteiger charge is -2.06. The molecule has 0 unspecified atom stereocenters. The summed E-state index contributed by atoms with van der Waals surface area (Å²) in [6.07, 6.45) is 2.03. The summed E-state index contributed by atoms with van der Waals surface area (Å²) in [6, 6.07) is 30.5. The highest BCUT2D eigenvalue weighted by Crippen LogP contribution is 2.17. The molecule has 0 fully saturated rings. The van der Waals surface area contributed by atoms with Gasteiger partial charge < -0.3 is 0 Å². The lowest BCUT2D eigenvalue weighted by atomic mass is 10.0. The van der Waals surface area contributed by atoms with Crippen molar-refractivity contribution in [1.82, 2.24) is 5.32 Å². The first-order chi connectivity index (χ1) is 12.4. The van der Waals surface area contributed by atoms with Crippen LogP contribution in [0.4, 0.5) is 0 Å². The van der Waals surface area contributed by atoms with Crippen LogP contribution in [-0.2, 0) is 12.8 Å². The molecule has 0 aliphatic heterocycles. The van der Waals surface area contributed by atoms with E-state index in [1.54, 1.807) is 0 Å². The molecule has 25 heavy (non-hydrogen) atoms. The number of hydrogen-bond acceptors (Lipinski definition) is 0. The third-order valence-electron chi connectivity index (χ3n) is 4.74. The van der Waals surface area contributed by atoms with E-state index < -0.39 is 0 Å². The van der Waals surface area contributed by atoms with Crippen molar-refractivity contribution in [3.63, 3.8) is 0 Å². The number of rotatable bonds is 6. The summed E-state index contributed by atoms with van der Waals surface area (Å²) >= 11 is 0. The molecule has 0 aromatic heterocycles. The van der Waals surface area contributed by atoms with Crippen LogP contribution < -0.4 is 5.32 Å². The van der Waals surface area contributed by atoms with E-state index in [-0.39, 0.29) is 0 Å². The van der Waals surface area contributed by atoms with E-state index in [1.165, 1.54) is 32.7 Å². The molecule has 1 radical (unpaired) electrons. The standard InChI is InChI=1S/C24H22N/c1-3-7-23-17-19(9-11-21(23)5-1)13-15-25-16-14-20-10-12-22-6-2-4-8-24(22)18-20/h1-12,17-18H,13-16H2. The summed E-state index contributed by atoms with van der Waals surface area (Å²) in [5.74, 6) is 0. The Morgan fingerprint density at radius 3 is 1.40 bits per heavy atom. The topological polar surface area (TPSA) is 14.1 Å². The van der Waals surface area contributed by atoms with E-state index in [1.807, 2.05) is 0 Å². The van der Waals surface area contributed by atoms with Crippen LogP contribution in [0.1, 0.15) is 11.1 Å². The second-order valence-electron chi connectivity index (χ2n) is 6.53. The van der Waals surface area contributed by atoms with Crippen LogP contribution in [0.3, 0.4) is 0 Å². The Hall–Kier alpha value is -2.64. The van der Waals surface area contributed by atoms with Gasteiger partial charge in [-0.1, -0.05) is 84.9 Å². The fourth-order valence-electron chi connectivity index (χ4n) is 3.32. The molecule has 0 amide bonds. The third-order valence-corrected chi connectivity index (χ3v) is 4.74. The summed E-state index contributed by atoms with van der Waals surface area (Å²) in [5, 5.41) is 9.96. The first kappa shape index (κ1) is 15.9. The minimum absolute atomic E-state index is 0.895. The van der Waals surface area contributed by atoms with Crippen molar-refractivity contribution in [3.05, 3.63) is 96.1 Å².